The molecule has 1 heterocycles. The Kier molecular flexibility index (Phi) is 3.24. The Balaban J connectivity index is 2.08. The summed E-state index contributed by atoms with van der Waals surface area (Å²) in [6.07, 6.45) is 1.49. The lowest BCUT2D eigenvalue weighted by Crippen LogP contribution is -2.24. The lowest BCUT2D eigenvalue weighted by Gasteiger charge is -2.13. The van der Waals surface area contributed by atoms with E-state index in [4.69, 9.17) is 5.11 Å². The van der Waals surface area contributed by atoms with Gasteiger partial charge in [0.1, 0.15) is 11.6 Å². The van der Waals surface area contributed by atoms with Gasteiger partial charge >= 0.3 is 5.97 Å². The lowest BCUT2D eigenvalue weighted by atomic mass is 10.1. The second-order valence-electron chi connectivity index (χ2n) is 5.35. The summed E-state index contributed by atoms with van der Waals surface area (Å²) in [5, 5.41) is 12.2. The van der Waals surface area contributed by atoms with Gasteiger partial charge in [0.25, 0.3) is 0 Å². The lowest BCUT2D eigenvalue weighted by molar-refractivity contribution is -0.142. The van der Waals surface area contributed by atoms with E-state index in [1.165, 1.54) is 0 Å². The van der Waals surface area contributed by atoms with Crippen LogP contribution in [0.1, 0.15) is 44.1 Å². The molecule has 0 amide bonds. The Morgan fingerprint density at radius 1 is 1.50 bits per heavy atom. The number of aromatic nitrogens is 2. The molecule has 0 atom stereocenters. The predicted molar refractivity (Wildman–Crippen MR) is 68.7 cm³/mol. The van der Waals surface area contributed by atoms with E-state index >= 15 is 0 Å². The number of anilines is 1. The van der Waals surface area contributed by atoms with Gasteiger partial charge in [0, 0.05) is 24.2 Å². The van der Waals surface area contributed by atoms with Crippen LogP contribution in [-0.2, 0) is 4.79 Å². The number of hydrogen-bond donors (Lipinski definition) is 2. The average Bonchev–Trinajstić information content (AvgIpc) is 3.06. The summed E-state index contributed by atoms with van der Waals surface area (Å²) in [4.78, 5) is 19.8. The van der Waals surface area contributed by atoms with Crippen LogP contribution in [-0.4, -0.2) is 27.6 Å². The first kappa shape index (κ1) is 12.8. The van der Waals surface area contributed by atoms with Gasteiger partial charge in [-0.2, -0.15) is 0 Å². The van der Waals surface area contributed by atoms with Gasteiger partial charge in [-0.15, -0.1) is 0 Å². The maximum absolute atomic E-state index is 11.1. The SMILES string of the molecule is Cc1cc(NCC2(C(=O)O)CC2)nc(C(C)C)n1. The van der Waals surface area contributed by atoms with Gasteiger partial charge in [0.2, 0.25) is 0 Å². The molecule has 1 aromatic rings. The molecule has 1 fully saturated rings. The van der Waals surface area contributed by atoms with Crippen LogP contribution < -0.4 is 5.32 Å². The maximum Gasteiger partial charge on any atom is 0.311 e. The fraction of sp³-hybridized carbons (Fsp3) is 0.615. The Morgan fingerprint density at radius 3 is 2.67 bits per heavy atom. The van der Waals surface area contributed by atoms with Crippen LogP contribution in [0.2, 0.25) is 0 Å². The molecule has 5 heteroatoms. The monoisotopic (exact) mass is 249 g/mol. The second kappa shape index (κ2) is 4.55. The van der Waals surface area contributed by atoms with E-state index in [0.29, 0.717) is 6.54 Å². The van der Waals surface area contributed by atoms with Crippen LogP contribution in [0.25, 0.3) is 0 Å². The standard InChI is InChI=1S/C13H19N3O2/c1-8(2)11-15-9(3)6-10(16-11)14-7-13(4-5-13)12(17)18/h6,8H,4-5,7H2,1-3H3,(H,17,18)(H,14,15,16). The Labute approximate surface area is 107 Å². The quantitative estimate of drug-likeness (QED) is 0.836. The molecule has 0 aliphatic heterocycles. The third-order valence-electron chi connectivity index (χ3n) is 3.30. The number of hydrogen-bond acceptors (Lipinski definition) is 4. The Bertz CT molecular complexity index is 467. The minimum atomic E-state index is -0.718. The van der Waals surface area contributed by atoms with Crippen LogP contribution in [0.5, 0.6) is 0 Å². The molecule has 1 aliphatic carbocycles. The number of carboxylic acids is 1. The Morgan fingerprint density at radius 2 is 2.17 bits per heavy atom. The van der Waals surface area contributed by atoms with Gasteiger partial charge in [-0.1, -0.05) is 13.8 Å². The molecular formula is C13H19N3O2. The van der Waals surface area contributed by atoms with Gasteiger partial charge in [0.15, 0.2) is 0 Å². The third-order valence-corrected chi connectivity index (χ3v) is 3.30. The van der Waals surface area contributed by atoms with Crippen molar-refractivity contribution in [2.45, 2.75) is 39.5 Å². The highest BCUT2D eigenvalue weighted by Crippen LogP contribution is 2.45. The van der Waals surface area contributed by atoms with E-state index in [1.807, 2.05) is 26.8 Å². The highest BCUT2D eigenvalue weighted by atomic mass is 16.4. The molecule has 0 unspecified atom stereocenters. The maximum atomic E-state index is 11.1. The molecule has 1 saturated carbocycles. The average molecular weight is 249 g/mol. The van der Waals surface area contributed by atoms with Crippen molar-refractivity contribution in [2.24, 2.45) is 5.41 Å². The van der Waals surface area contributed by atoms with Crippen molar-refractivity contribution in [1.29, 1.82) is 0 Å². The molecular weight excluding hydrogens is 230 g/mol. The van der Waals surface area contributed by atoms with Crippen molar-refractivity contribution < 1.29 is 9.90 Å². The summed E-state index contributed by atoms with van der Waals surface area (Å²) in [6.45, 7) is 6.44. The first-order valence-corrected chi connectivity index (χ1v) is 6.26. The highest BCUT2D eigenvalue weighted by Gasteiger charge is 2.50. The summed E-state index contributed by atoms with van der Waals surface area (Å²) >= 11 is 0. The first-order chi connectivity index (χ1) is 8.43. The molecule has 0 aromatic carbocycles. The zero-order valence-electron chi connectivity index (χ0n) is 11.0. The van der Waals surface area contributed by atoms with Gasteiger partial charge in [0.05, 0.1) is 5.41 Å². The molecule has 0 spiro atoms. The Hall–Kier alpha value is -1.65. The summed E-state index contributed by atoms with van der Waals surface area (Å²) in [6, 6.07) is 1.85. The van der Waals surface area contributed by atoms with Gasteiger partial charge in [-0.25, -0.2) is 9.97 Å². The van der Waals surface area contributed by atoms with Crippen LogP contribution in [0.15, 0.2) is 6.07 Å². The van der Waals surface area contributed by atoms with Crippen molar-refractivity contribution in [3.63, 3.8) is 0 Å². The molecule has 0 bridgehead atoms. The first-order valence-electron chi connectivity index (χ1n) is 6.26. The highest BCUT2D eigenvalue weighted by molar-refractivity contribution is 5.78. The van der Waals surface area contributed by atoms with E-state index in [2.05, 4.69) is 15.3 Å². The van der Waals surface area contributed by atoms with Crippen LogP contribution in [0.4, 0.5) is 5.82 Å². The summed E-state index contributed by atoms with van der Waals surface area (Å²) in [5.74, 6) is 1.06. The molecule has 18 heavy (non-hydrogen) atoms. The summed E-state index contributed by atoms with van der Waals surface area (Å²) < 4.78 is 0. The third kappa shape index (κ3) is 2.60. The number of carbonyl (C=O) groups is 1. The number of rotatable bonds is 5. The molecule has 1 aromatic heterocycles. The van der Waals surface area contributed by atoms with Gasteiger partial charge in [-0.05, 0) is 19.8 Å². The fourth-order valence-corrected chi connectivity index (χ4v) is 1.82. The smallest absolute Gasteiger partial charge is 0.311 e. The van der Waals surface area contributed by atoms with Gasteiger partial charge in [-0.3, -0.25) is 4.79 Å². The van der Waals surface area contributed by atoms with E-state index in [0.717, 1.165) is 30.2 Å². The zero-order valence-corrected chi connectivity index (χ0v) is 11.0. The predicted octanol–water partition coefficient (Wildman–Crippen LogP) is 2.19. The van der Waals surface area contributed by atoms with Crippen LogP contribution in [0, 0.1) is 12.3 Å². The molecule has 0 radical (unpaired) electrons. The minimum absolute atomic E-state index is 0.264. The zero-order chi connectivity index (χ0) is 13.3. The summed E-state index contributed by atoms with van der Waals surface area (Å²) in [7, 11) is 0. The van der Waals surface area contributed by atoms with Crippen molar-refractivity contribution in [1.82, 2.24) is 9.97 Å². The van der Waals surface area contributed by atoms with Crippen molar-refractivity contribution in [3.05, 3.63) is 17.6 Å². The normalized spacial score (nSPS) is 16.7. The van der Waals surface area contributed by atoms with E-state index in [1.54, 1.807) is 0 Å². The number of aliphatic carboxylic acids is 1. The molecule has 2 rings (SSSR count). The minimum Gasteiger partial charge on any atom is -0.481 e. The van der Waals surface area contributed by atoms with E-state index in [-0.39, 0.29) is 5.92 Å². The van der Waals surface area contributed by atoms with Crippen LogP contribution in [0.3, 0.4) is 0 Å². The van der Waals surface area contributed by atoms with Gasteiger partial charge < -0.3 is 10.4 Å². The summed E-state index contributed by atoms with van der Waals surface area (Å²) in [5.41, 5.74) is 0.327. The van der Waals surface area contributed by atoms with Crippen molar-refractivity contribution >= 4 is 11.8 Å². The number of nitrogens with zero attached hydrogens (tertiary/aromatic N) is 2. The number of carboxylic acid groups (broad SMARTS) is 1. The fourth-order valence-electron chi connectivity index (χ4n) is 1.82. The molecule has 98 valence electrons. The van der Waals surface area contributed by atoms with Crippen molar-refractivity contribution in [2.75, 3.05) is 11.9 Å². The molecule has 0 saturated heterocycles. The van der Waals surface area contributed by atoms with E-state index < -0.39 is 11.4 Å². The molecule has 1 aliphatic rings. The molecule has 5 nitrogen and oxygen atoms in total. The number of aryl methyl sites for hydroxylation is 1. The number of nitrogens with one attached hydrogen (secondary N) is 1. The topological polar surface area (TPSA) is 75.1 Å². The van der Waals surface area contributed by atoms with E-state index in [9.17, 15) is 4.79 Å². The largest absolute Gasteiger partial charge is 0.481 e. The molecule has 2 N–H and O–H groups in total. The second-order valence-corrected chi connectivity index (χ2v) is 5.35. The van der Waals surface area contributed by atoms with Crippen LogP contribution >= 0.6 is 0 Å². The van der Waals surface area contributed by atoms with Crippen molar-refractivity contribution in [3.8, 4) is 0 Å².